The van der Waals surface area contributed by atoms with Crippen molar-refractivity contribution in [3.8, 4) is 0 Å². The first-order valence-corrected chi connectivity index (χ1v) is 12.2. The number of fused-ring (bicyclic) bond motifs is 2. The molecule has 0 fully saturated rings. The zero-order valence-corrected chi connectivity index (χ0v) is 20.3. The highest BCUT2D eigenvalue weighted by atomic mass is 79.9. The van der Waals surface area contributed by atoms with Gasteiger partial charge in [-0.2, -0.15) is 0 Å². The van der Waals surface area contributed by atoms with Crippen LogP contribution in [0.2, 0.25) is 0 Å². The van der Waals surface area contributed by atoms with Crippen molar-refractivity contribution in [2.45, 2.75) is 19.5 Å². The molecule has 6 nitrogen and oxygen atoms in total. The number of aryl methyl sites for hydroxylation is 2. The molecule has 0 aliphatic carbocycles. The van der Waals surface area contributed by atoms with Crippen LogP contribution in [0.4, 0.5) is 0 Å². The van der Waals surface area contributed by atoms with E-state index < -0.39 is 0 Å². The highest BCUT2D eigenvalue weighted by molar-refractivity contribution is 9.10. The zero-order valence-electron chi connectivity index (χ0n) is 18.7. The molecule has 0 spiro atoms. The van der Waals surface area contributed by atoms with Gasteiger partial charge in [-0.3, -0.25) is 14.9 Å². The van der Waals surface area contributed by atoms with Crippen molar-refractivity contribution in [1.82, 2.24) is 19.4 Å². The number of imidazole rings is 1. The Morgan fingerprint density at radius 3 is 2.54 bits per heavy atom. The molecule has 5 aromatic rings. The minimum Gasteiger partial charge on any atom is -0.347 e. The van der Waals surface area contributed by atoms with Gasteiger partial charge in [0.25, 0.3) is 11.8 Å². The quantitative estimate of drug-likeness (QED) is 0.302. The number of amides is 2. The summed E-state index contributed by atoms with van der Waals surface area (Å²) in [5.41, 5.74) is 3.35. The molecule has 0 saturated carbocycles. The number of nitrogens with one attached hydrogen (secondary N) is 1. The topological polar surface area (TPSA) is 68.9 Å². The van der Waals surface area contributed by atoms with E-state index in [1.807, 2.05) is 77.9 Å². The van der Waals surface area contributed by atoms with Crippen molar-refractivity contribution in [1.29, 1.82) is 0 Å². The molecule has 3 aromatic carbocycles. The number of nitrogens with zero attached hydrogens (tertiary/aromatic N) is 3. The molecule has 1 N–H and O–H groups in total. The zero-order chi connectivity index (χ0) is 23.9. The van der Waals surface area contributed by atoms with E-state index in [1.165, 1.54) is 0 Å². The normalized spacial score (nSPS) is 13.9. The third kappa shape index (κ3) is 3.88. The summed E-state index contributed by atoms with van der Waals surface area (Å²) in [4.78, 5) is 30.2. The van der Waals surface area contributed by atoms with E-state index >= 15 is 0 Å². The van der Waals surface area contributed by atoms with Crippen LogP contribution in [0.25, 0.3) is 32.8 Å². The summed E-state index contributed by atoms with van der Waals surface area (Å²) in [6.45, 7) is 1.60. The van der Waals surface area contributed by atoms with E-state index in [4.69, 9.17) is 0 Å². The van der Waals surface area contributed by atoms with Crippen molar-refractivity contribution < 1.29 is 9.59 Å². The fraction of sp³-hybridized carbons (Fsp3) is 0.107. The third-order valence-electron chi connectivity index (χ3n) is 6.46. The molecule has 172 valence electrons. The Bertz CT molecular complexity index is 1650. The van der Waals surface area contributed by atoms with E-state index in [0.29, 0.717) is 11.1 Å². The van der Waals surface area contributed by atoms with Gasteiger partial charge in [-0.25, -0.2) is 4.98 Å². The number of carbonyl (C=O) groups is 2. The first-order chi connectivity index (χ1) is 17.1. The van der Waals surface area contributed by atoms with Crippen LogP contribution in [0.5, 0.6) is 0 Å². The molecule has 0 unspecified atom stereocenters. The van der Waals surface area contributed by atoms with Gasteiger partial charge in [-0.1, -0.05) is 58.4 Å². The van der Waals surface area contributed by atoms with E-state index in [1.54, 1.807) is 6.20 Å². The Kier molecular flexibility index (Phi) is 5.34. The smallest absolute Gasteiger partial charge is 0.259 e. The van der Waals surface area contributed by atoms with Crippen LogP contribution in [-0.4, -0.2) is 25.9 Å². The van der Waals surface area contributed by atoms with Crippen molar-refractivity contribution in [3.05, 3.63) is 101 Å². The van der Waals surface area contributed by atoms with Crippen molar-refractivity contribution in [2.75, 3.05) is 0 Å². The van der Waals surface area contributed by atoms with E-state index in [0.717, 1.165) is 56.8 Å². The van der Waals surface area contributed by atoms with Crippen LogP contribution in [0.1, 0.15) is 17.5 Å². The molecule has 0 saturated heterocycles. The summed E-state index contributed by atoms with van der Waals surface area (Å²) in [5.74, 6) is -0.725. The molecule has 7 heteroatoms. The minimum absolute atomic E-state index is 0.362. The Labute approximate surface area is 210 Å². The number of hydrogen-bond donors (Lipinski definition) is 1. The second-order valence-corrected chi connectivity index (χ2v) is 9.56. The molecule has 0 radical (unpaired) electrons. The largest absolute Gasteiger partial charge is 0.347 e. The van der Waals surface area contributed by atoms with Gasteiger partial charge in [0.15, 0.2) is 0 Å². The predicted molar refractivity (Wildman–Crippen MR) is 140 cm³/mol. The Morgan fingerprint density at radius 1 is 0.886 bits per heavy atom. The summed E-state index contributed by atoms with van der Waals surface area (Å²) in [7, 11) is 0. The van der Waals surface area contributed by atoms with Crippen LogP contribution < -0.4 is 5.32 Å². The molecule has 2 aromatic heterocycles. The average Bonchev–Trinajstić information content (AvgIpc) is 3.57. The number of rotatable bonds is 6. The van der Waals surface area contributed by atoms with Crippen molar-refractivity contribution in [3.63, 3.8) is 0 Å². The number of imide groups is 1. The van der Waals surface area contributed by atoms with Crippen LogP contribution in [-0.2, 0) is 22.7 Å². The van der Waals surface area contributed by atoms with Gasteiger partial charge in [-0.15, -0.1) is 0 Å². The summed E-state index contributed by atoms with van der Waals surface area (Å²) < 4.78 is 5.17. The lowest BCUT2D eigenvalue weighted by molar-refractivity contribution is -0.122. The molecule has 6 rings (SSSR count). The second kappa shape index (κ2) is 8.67. The highest BCUT2D eigenvalue weighted by Crippen LogP contribution is 2.37. The Morgan fingerprint density at radius 2 is 1.71 bits per heavy atom. The molecule has 0 bridgehead atoms. The maximum absolute atomic E-state index is 13.1. The molecule has 0 atom stereocenters. The first-order valence-electron chi connectivity index (χ1n) is 11.4. The number of aromatic nitrogens is 3. The molecule has 1 aliphatic rings. The van der Waals surface area contributed by atoms with Crippen LogP contribution in [0.3, 0.4) is 0 Å². The van der Waals surface area contributed by atoms with Gasteiger partial charge in [0.2, 0.25) is 0 Å². The number of halogens is 1. The predicted octanol–water partition coefficient (Wildman–Crippen LogP) is 5.41. The SMILES string of the molecule is O=C1NC(=O)C(c2cn(CCCn3ccnc3)c3cc(Br)ccc23)=C1c1ccc2ccccc2c1. The molecule has 2 amide bonds. The fourth-order valence-electron chi connectivity index (χ4n) is 4.82. The molecular weight excluding hydrogens is 504 g/mol. The second-order valence-electron chi connectivity index (χ2n) is 8.65. The summed E-state index contributed by atoms with van der Waals surface area (Å²) in [6.07, 6.45) is 8.43. The fourth-order valence-corrected chi connectivity index (χ4v) is 5.17. The molecular formula is C28H21BrN4O2. The highest BCUT2D eigenvalue weighted by Gasteiger charge is 2.34. The van der Waals surface area contributed by atoms with Gasteiger partial charge in [0.1, 0.15) is 0 Å². The van der Waals surface area contributed by atoms with Gasteiger partial charge in [-0.05, 0) is 41.0 Å². The molecule has 1 aliphatic heterocycles. The van der Waals surface area contributed by atoms with E-state index in [9.17, 15) is 9.59 Å². The first kappa shape index (κ1) is 21.6. The van der Waals surface area contributed by atoms with E-state index in [-0.39, 0.29) is 11.8 Å². The van der Waals surface area contributed by atoms with Gasteiger partial charge < -0.3 is 9.13 Å². The summed E-state index contributed by atoms with van der Waals surface area (Å²) >= 11 is 3.58. The number of benzene rings is 3. The maximum atomic E-state index is 13.1. The lowest BCUT2D eigenvalue weighted by Crippen LogP contribution is -2.22. The summed E-state index contributed by atoms with van der Waals surface area (Å²) in [5, 5.41) is 5.58. The van der Waals surface area contributed by atoms with Crippen LogP contribution >= 0.6 is 15.9 Å². The van der Waals surface area contributed by atoms with Crippen molar-refractivity contribution in [2.24, 2.45) is 0 Å². The van der Waals surface area contributed by atoms with Gasteiger partial charge in [0.05, 0.1) is 17.5 Å². The lowest BCUT2D eigenvalue weighted by Gasteiger charge is -2.06. The Balaban J connectivity index is 1.48. The van der Waals surface area contributed by atoms with Crippen LogP contribution in [0.15, 0.2) is 90.1 Å². The van der Waals surface area contributed by atoms with E-state index in [2.05, 4.69) is 36.9 Å². The van der Waals surface area contributed by atoms with Crippen LogP contribution in [0, 0.1) is 0 Å². The standard InChI is InChI=1S/C28H21BrN4O2/c29-21-8-9-22-23(16-33(24(22)15-21)12-3-11-32-13-10-30-17-32)26-25(27(34)31-28(26)35)20-7-6-18-4-1-2-5-19(18)14-20/h1-2,4-10,13-17H,3,11-12H2,(H,31,34,35). The van der Waals surface area contributed by atoms with Gasteiger partial charge >= 0.3 is 0 Å². The van der Waals surface area contributed by atoms with Gasteiger partial charge in [0, 0.05) is 52.6 Å². The third-order valence-corrected chi connectivity index (χ3v) is 6.95. The number of carbonyl (C=O) groups excluding carboxylic acids is 2. The van der Waals surface area contributed by atoms with Crippen molar-refractivity contribution >= 4 is 60.6 Å². The lowest BCUT2D eigenvalue weighted by atomic mass is 9.94. The monoisotopic (exact) mass is 524 g/mol. The molecule has 3 heterocycles. The minimum atomic E-state index is -0.363. The average molecular weight is 525 g/mol. The maximum Gasteiger partial charge on any atom is 0.259 e. The molecule has 35 heavy (non-hydrogen) atoms. The summed E-state index contributed by atoms with van der Waals surface area (Å²) in [6, 6.07) is 19.9. The Hall–Kier alpha value is -3.97. The number of hydrogen-bond acceptors (Lipinski definition) is 3.